The molecule has 1 aliphatic heterocycles. The summed E-state index contributed by atoms with van der Waals surface area (Å²) in [5.41, 5.74) is 1.07. The van der Waals surface area contributed by atoms with Gasteiger partial charge in [0.15, 0.2) is 0 Å². The maximum absolute atomic E-state index is 12.2. The molecule has 2 rings (SSSR count). The van der Waals surface area contributed by atoms with Gasteiger partial charge in [-0.2, -0.15) is 13.2 Å². The van der Waals surface area contributed by atoms with E-state index in [1.807, 2.05) is 11.6 Å². The first-order valence-electron chi connectivity index (χ1n) is 6.39. The molecule has 0 unspecified atom stereocenters. The summed E-state index contributed by atoms with van der Waals surface area (Å²) in [6.07, 6.45) is 0.265. The summed E-state index contributed by atoms with van der Waals surface area (Å²) in [4.78, 5) is 5.50. The summed E-state index contributed by atoms with van der Waals surface area (Å²) < 4.78 is 38.7. The van der Waals surface area contributed by atoms with Gasteiger partial charge in [0.05, 0.1) is 18.6 Å². The molecule has 1 aliphatic rings. The highest BCUT2D eigenvalue weighted by molar-refractivity contribution is 4.96. The molecule has 1 fully saturated rings. The molecule has 1 aromatic rings. The third-order valence-corrected chi connectivity index (χ3v) is 3.43. The van der Waals surface area contributed by atoms with Crippen molar-refractivity contribution in [3.63, 3.8) is 0 Å². The number of hydrogen-bond donors (Lipinski definition) is 1. The molecule has 0 aliphatic carbocycles. The van der Waals surface area contributed by atoms with E-state index in [0.717, 1.165) is 18.7 Å². The van der Waals surface area contributed by atoms with E-state index in [4.69, 9.17) is 0 Å². The maximum atomic E-state index is 12.2. The van der Waals surface area contributed by atoms with E-state index in [9.17, 15) is 13.2 Å². The molecule has 4 nitrogen and oxygen atoms in total. The molecule has 0 amide bonds. The molecule has 2 heterocycles. The second-order valence-corrected chi connectivity index (χ2v) is 5.13. The molecule has 0 bridgehead atoms. The zero-order valence-electron chi connectivity index (χ0n) is 11.0. The van der Waals surface area contributed by atoms with Crippen LogP contribution in [0.2, 0.25) is 0 Å². The van der Waals surface area contributed by atoms with Crippen molar-refractivity contribution in [1.82, 2.24) is 19.8 Å². The zero-order chi connectivity index (χ0) is 13.9. The number of imidazole rings is 1. The van der Waals surface area contributed by atoms with Gasteiger partial charge in [-0.05, 0) is 25.4 Å². The fourth-order valence-corrected chi connectivity index (χ4v) is 2.44. The SMILES string of the molecule is Cn1cncc1CNC[C@H]1CCN(CC(F)(F)F)C1. The van der Waals surface area contributed by atoms with E-state index in [1.54, 1.807) is 12.5 Å². The number of likely N-dealkylation sites (tertiary alicyclic amines) is 1. The lowest BCUT2D eigenvalue weighted by atomic mass is 10.1. The molecule has 7 heteroatoms. The number of nitrogens with one attached hydrogen (secondary N) is 1. The van der Waals surface area contributed by atoms with Crippen LogP contribution in [0.25, 0.3) is 0 Å². The van der Waals surface area contributed by atoms with Gasteiger partial charge in [0.25, 0.3) is 0 Å². The molecule has 0 saturated carbocycles. The van der Waals surface area contributed by atoms with Crippen molar-refractivity contribution in [3.05, 3.63) is 18.2 Å². The van der Waals surface area contributed by atoms with Crippen LogP contribution in [0.3, 0.4) is 0 Å². The number of halogens is 3. The summed E-state index contributed by atoms with van der Waals surface area (Å²) in [6, 6.07) is 0. The van der Waals surface area contributed by atoms with Crippen LogP contribution in [0.15, 0.2) is 12.5 Å². The number of aromatic nitrogens is 2. The predicted octanol–water partition coefficient (Wildman–Crippen LogP) is 1.39. The van der Waals surface area contributed by atoms with Gasteiger partial charge < -0.3 is 9.88 Å². The van der Waals surface area contributed by atoms with Crippen LogP contribution in [0, 0.1) is 5.92 Å². The molecule has 0 radical (unpaired) electrons. The minimum absolute atomic E-state index is 0.301. The number of aryl methyl sites for hydroxylation is 1. The third kappa shape index (κ3) is 4.50. The molecule has 19 heavy (non-hydrogen) atoms. The van der Waals surface area contributed by atoms with E-state index < -0.39 is 12.7 Å². The molecule has 0 spiro atoms. The smallest absolute Gasteiger partial charge is 0.337 e. The van der Waals surface area contributed by atoms with Gasteiger partial charge in [-0.1, -0.05) is 0 Å². The van der Waals surface area contributed by atoms with Crippen LogP contribution in [0.5, 0.6) is 0 Å². The topological polar surface area (TPSA) is 33.1 Å². The van der Waals surface area contributed by atoms with E-state index in [-0.39, 0.29) is 0 Å². The summed E-state index contributed by atoms with van der Waals surface area (Å²) >= 11 is 0. The average Bonchev–Trinajstić information content (AvgIpc) is 2.87. The fourth-order valence-electron chi connectivity index (χ4n) is 2.44. The van der Waals surface area contributed by atoms with Crippen molar-refractivity contribution in [2.45, 2.75) is 19.1 Å². The van der Waals surface area contributed by atoms with Crippen LogP contribution in [-0.2, 0) is 13.6 Å². The standard InChI is InChI=1S/C12H19F3N4/c1-18-9-17-6-11(18)5-16-4-10-2-3-19(7-10)8-12(13,14)15/h6,9-10,16H,2-5,7-8H2,1H3/t10-/m1/s1. The summed E-state index contributed by atoms with van der Waals surface area (Å²) in [5.74, 6) is 0.301. The van der Waals surface area contributed by atoms with Gasteiger partial charge in [-0.15, -0.1) is 0 Å². The van der Waals surface area contributed by atoms with Crippen LogP contribution < -0.4 is 5.32 Å². The summed E-state index contributed by atoms with van der Waals surface area (Å²) in [6.45, 7) is 1.73. The predicted molar refractivity (Wildman–Crippen MR) is 65.5 cm³/mol. The van der Waals surface area contributed by atoms with Gasteiger partial charge in [0, 0.05) is 26.3 Å². The van der Waals surface area contributed by atoms with E-state index >= 15 is 0 Å². The van der Waals surface area contributed by atoms with Crippen molar-refractivity contribution >= 4 is 0 Å². The second kappa shape index (κ2) is 5.92. The second-order valence-electron chi connectivity index (χ2n) is 5.13. The number of rotatable bonds is 5. The highest BCUT2D eigenvalue weighted by atomic mass is 19.4. The Labute approximate surface area is 110 Å². The van der Waals surface area contributed by atoms with E-state index in [1.165, 1.54) is 4.90 Å². The lowest BCUT2D eigenvalue weighted by molar-refractivity contribution is -0.143. The summed E-state index contributed by atoms with van der Waals surface area (Å²) in [7, 11) is 1.92. The van der Waals surface area contributed by atoms with Crippen LogP contribution in [-0.4, -0.2) is 46.8 Å². The largest absolute Gasteiger partial charge is 0.401 e. The Hall–Kier alpha value is -1.08. The summed E-state index contributed by atoms with van der Waals surface area (Å²) in [5, 5.41) is 3.29. The van der Waals surface area contributed by atoms with Crippen molar-refractivity contribution in [1.29, 1.82) is 0 Å². The Balaban J connectivity index is 1.67. The normalized spacial score (nSPS) is 21.2. The van der Waals surface area contributed by atoms with Crippen molar-refractivity contribution in [2.75, 3.05) is 26.2 Å². The first-order chi connectivity index (χ1) is 8.94. The highest BCUT2D eigenvalue weighted by Crippen LogP contribution is 2.22. The fraction of sp³-hybridized carbons (Fsp3) is 0.750. The van der Waals surface area contributed by atoms with Gasteiger partial charge in [0.2, 0.25) is 0 Å². The quantitative estimate of drug-likeness (QED) is 0.882. The Morgan fingerprint density at radius 2 is 2.26 bits per heavy atom. The number of nitrogens with zero attached hydrogens (tertiary/aromatic N) is 3. The maximum Gasteiger partial charge on any atom is 0.401 e. The Kier molecular flexibility index (Phi) is 4.46. The van der Waals surface area contributed by atoms with Crippen molar-refractivity contribution in [2.24, 2.45) is 13.0 Å². The molecular weight excluding hydrogens is 257 g/mol. The van der Waals surface area contributed by atoms with Crippen molar-refractivity contribution < 1.29 is 13.2 Å². The molecule has 1 atom stereocenters. The van der Waals surface area contributed by atoms with E-state index in [0.29, 0.717) is 25.6 Å². The third-order valence-electron chi connectivity index (χ3n) is 3.43. The molecule has 1 saturated heterocycles. The van der Waals surface area contributed by atoms with Gasteiger partial charge >= 0.3 is 6.18 Å². The Morgan fingerprint density at radius 1 is 1.47 bits per heavy atom. The highest BCUT2D eigenvalue weighted by Gasteiger charge is 2.34. The minimum atomic E-state index is -4.09. The van der Waals surface area contributed by atoms with Crippen LogP contribution >= 0.6 is 0 Å². The first kappa shape index (κ1) is 14.3. The zero-order valence-corrected chi connectivity index (χ0v) is 11.0. The minimum Gasteiger partial charge on any atom is -0.337 e. The Bertz CT molecular complexity index is 402. The lowest BCUT2D eigenvalue weighted by Gasteiger charge is -2.18. The molecule has 1 N–H and O–H groups in total. The van der Waals surface area contributed by atoms with Gasteiger partial charge in [-0.3, -0.25) is 4.90 Å². The lowest BCUT2D eigenvalue weighted by Crippen LogP contribution is -2.33. The molecule has 0 aromatic carbocycles. The molecular formula is C12H19F3N4. The number of alkyl halides is 3. The van der Waals surface area contributed by atoms with Gasteiger partial charge in [-0.25, -0.2) is 4.98 Å². The average molecular weight is 276 g/mol. The first-order valence-corrected chi connectivity index (χ1v) is 6.39. The van der Waals surface area contributed by atoms with E-state index in [2.05, 4.69) is 10.3 Å². The number of hydrogen-bond acceptors (Lipinski definition) is 3. The Morgan fingerprint density at radius 3 is 2.89 bits per heavy atom. The molecule has 1 aromatic heterocycles. The molecule has 108 valence electrons. The van der Waals surface area contributed by atoms with Crippen LogP contribution in [0.1, 0.15) is 12.1 Å². The monoisotopic (exact) mass is 276 g/mol. The van der Waals surface area contributed by atoms with Gasteiger partial charge in [0.1, 0.15) is 0 Å². The van der Waals surface area contributed by atoms with Crippen LogP contribution in [0.4, 0.5) is 13.2 Å². The van der Waals surface area contributed by atoms with Crippen molar-refractivity contribution in [3.8, 4) is 0 Å².